The molecule has 74 valence electrons. The second-order valence-corrected chi connectivity index (χ2v) is 3.31. The molecule has 0 saturated heterocycles. The first-order valence-electron chi connectivity index (χ1n) is 4.42. The van der Waals surface area contributed by atoms with Gasteiger partial charge in [-0.3, -0.25) is 0 Å². The largest absolute Gasteiger partial charge is 0.508 e. The highest BCUT2D eigenvalue weighted by Gasteiger charge is 2.22. The molecule has 0 saturated carbocycles. The second kappa shape index (κ2) is 3.38. The maximum atomic E-state index is 13.3. The van der Waals surface area contributed by atoms with Crippen LogP contribution in [0.4, 0.5) is 4.39 Å². The highest BCUT2D eigenvalue weighted by Crippen LogP contribution is 2.27. The first-order valence-corrected chi connectivity index (χ1v) is 4.42. The number of carbonyl (C=O) groups is 1. The van der Waals surface area contributed by atoms with Crippen LogP contribution in [0, 0.1) is 5.82 Å². The van der Waals surface area contributed by atoms with E-state index >= 15 is 0 Å². The van der Waals surface area contributed by atoms with Crippen molar-refractivity contribution in [2.24, 2.45) is 0 Å². The van der Waals surface area contributed by atoms with Crippen LogP contribution >= 0.6 is 0 Å². The average molecular weight is 195 g/mol. The zero-order chi connectivity index (χ0) is 10.1. The van der Waals surface area contributed by atoms with Gasteiger partial charge in [-0.05, 0) is 23.6 Å². The molecular weight excluding hydrogens is 185 g/mol. The maximum Gasteiger partial charge on any atom is 0.141 e. The summed E-state index contributed by atoms with van der Waals surface area (Å²) in [6.45, 7) is 0.581. The molecule has 0 aromatic heterocycles. The third-order valence-corrected chi connectivity index (χ3v) is 2.43. The molecule has 0 aliphatic carbocycles. The van der Waals surface area contributed by atoms with Crippen molar-refractivity contribution in [3.05, 3.63) is 29.1 Å². The van der Waals surface area contributed by atoms with Crippen molar-refractivity contribution in [1.29, 1.82) is 0 Å². The molecule has 0 fully saturated rings. The summed E-state index contributed by atoms with van der Waals surface area (Å²) in [6, 6.07) is 2.01. The van der Waals surface area contributed by atoms with E-state index < -0.39 is 11.9 Å². The van der Waals surface area contributed by atoms with Gasteiger partial charge in [0.05, 0.1) is 6.04 Å². The minimum atomic E-state index is -0.500. The lowest BCUT2D eigenvalue weighted by atomic mass is 9.94. The Hall–Kier alpha value is -1.42. The van der Waals surface area contributed by atoms with Crippen LogP contribution in [0.15, 0.2) is 12.1 Å². The van der Waals surface area contributed by atoms with Crippen molar-refractivity contribution in [2.45, 2.75) is 12.5 Å². The Morgan fingerprint density at radius 2 is 2.36 bits per heavy atom. The average Bonchev–Trinajstić information content (AvgIpc) is 2.17. The number of nitrogens with one attached hydrogen (secondary N) is 1. The smallest absolute Gasteiger partial charge is 0.141 e. The Balaban J connectivity index is 2.56. The van der Waals surface area contributed by atoms with Crippen LogP contribution < -0.4 is 5.32 Å². The lowest BCUT2D eigenvalue weighted by Gasteiger charge is -2.23. The summed E-state index contributed by atoms with van der Waals surface area (Å²) in [5.41, 5.74) is 1.07. The number of rotatable bonds is 1. The number of fused-ring (bicyclic) bond motifs is 1. The zero-order valence-electron chi connectivity index (χ0n) is 7.46. The number of benzene rings is 1. The third-order valence-electron chi connectivity index (χ3n) is 2.43. The molecule has 4 heteroatoms. The van der Waals surface area contributed by atoms with Crippen molar-refractivity contribution >= 4 is 6.29 Å². The molecule has 1 atom stereocenters. The van der Waals surface area contributed by atoms with Crippen molar-refractivity contribution in [1.82, 2.24) is 5.32 Å². The molecule has 2 rings (SSSR count). The monoisotopic (exact) mass is 195 g/mol. The molecule has 2 N–H and O–H groups in total. The Kier molecular flexibility index (Phi) is 2.21. The van der Waals surface area contributed by atoms with Gasteiger partial charge in [0.25, 0.3) is 0 Å². The van der Waals surface area contributed by atoms with E-state index in [0.717, 1.165) is 12.4 Å². The Labute approximate surface area is 80.6 Å². The summed E-state index contributed by atoms with van der Waals surface area (Å²) in [4.78, 5) is 10.7. The van der Waals surface area contributed by atoms with Crippen LogP contribution in [0.3, 0.4) is 0 Å². The second-order valence-electron chi connectivity index (χ2n) is 3.31. The van der Waals surface area contributed by atoms with E-state index in [1.54, 1.807) is 0 Å². The van der Waals surface area contributed by atoms with Crippen LogP contribution in [-0.2, 0) is 11.2 Å². The van der Waals surface area contributed by atoms with Crippen LogP contribution in [0.1, 0.15) is 17.2 Å². The van der Waals surface area contributed by atoms with E-state index in [1.807, 2.05) is 0 Å². The van der Waals surface area contributed by atoms with E-state index in [4.69, 9.17) is 0 Å². The van der Waals surface area contributed by atoms with Crippen LogP contribution in [0.25, 0.3) is 0 Å². The van der Waals surface area contributed by atoms with Crippen molar-refractivity contribution in [3.63, 3.8) is 0 Å². The number of phenolic OH excluding ortho intramolecular Hbond substituents is 1. The topological polar surface area (TPSA) is 49.3 Å². The zero-order valence-corrected chi connectivity index (χ0v) is 7.46. The Morgan fingerprint density at radius 1 is 1.57 bits per heavy atom. The SMILES string of the molecule is O=CC1NCCc2c(F)cc(O)cc21. The lowest BCUT2D eigenvalue weighted by Crippen LogP contribution is -2.31. The molecule has 0 bridgehead atoms. The summed E-state index contributed by atoms with van der Waals surface area (Å²) in [7, 11) is 0. The summed E-state index contributed by atoms with van der Waals surface area (Å²) in [5, 5.41) is 12.1. The minimum absolute atomic E-state index is 0.142. The van der Waals surface area contributed by atoms with Gasteiger partial charge in [-0.15, -0.1) is 0 Å². The molecule has 14 heavy (non-hydrogen) atoms. The van der Waals surface area contributed by atoms with Gasteiger partial charge in [0, 0.05) is 12.6 Å². The van der Waals surface area contributed by atoms with Gasteiger partial charge >= 0.3 is 0 Å². The first kappa shape index (κ1) is 9.15. The number of carbonyl (C=O) groups excluding carboxylic acids is 1. The summed E-state index contributed by atoms with van der Waals surface area (Å²) in [6.07, 6.45) is 1.27. The van der Waals surface area contributed by atoms with E-state index in [1.165, 1.54) is 6.07 Å². The van der Waals surface area contributed by atoms with E-state index in [-0.39, 0.29) is 5.75 Å². The fourth-order valence-corrected chi connectivity index (χ4v) is 1.77. The maximum absolute atomic E-state index is 13.3. The molecule has 3 nitrogen and oxygen atoms in total. The fraction of sp³-hybridized carbons (Fsp3) is 0.300. The quantitative estimate of drug-likeness (QED) is 0.655. The molecule has 0 radical (unpaired) electrons. The number of aldehydes is 1. The molecule has 0 spiro atoms. The number of hydrogen-bond donors (Lipinski definition) is 2. The van der Waals surface area contributed by atoms with Gasteiger partial charge in [0.15, 0.2) is 0 Å². The lowest BCUT2D eigenvalue weighted by molar-refractivity contribution is -0.109. The van der Waals surface area contributed by atoms with Gasteiger partial charge in [-0.25, -0.2) is 4.39 Å². The van der Waals surface area contributed by atoms with Crippen molar-refractivity contribution < 1.29 is 14.3 Å². The van der Waals surface area contributed by atoms with Gasteiger partial charge in [0.1, 0.15) is 17.9 Å². The van der Waals surface area contributed by atoms with E-state index in [2.05, 4.69) is 5.32 Å². The van der Waals surface area contributed by atoms with Crippen molar-refractivity contribution in [3.8, 4) is 5.75 Å². The summed E-state index contributed by atoms with van der Waals surface area (Å²) < 4.78 is 13.3. The van der Waals surface area contributed by atoms with Gasteiger partial charge < -0.3 is 15.2 Å². The fourth-order valence-electron chi connectivity index (χ4n) is 1.77. The first-order chi connectivity index (χ1) is 6.72. The molecule has 1 aromatic carbocycles. The van der Waals surface area contributed by atoms with E-state index in [9.17, 15) is 14.3 Å². The molecule has 1 aromatic rings. The van der Waals surface area contributed by atoms with Crippen molar-refractivity contribution in [2.75, 3.05) is 6.54 Å². The molecule has 0 amide bonds. The molecule has 1 unspecified atom stereocenters. The Bertz CT molecular complexity index is 379. The van der Waals surface area contributed by atoms with Gasteiger partial charge in [0.2, 0.25) is 0 Å². The summed E-state index contributed by atoms with van der Waals surface area (Å²) >= 11 is 0. The predicted molar refractivity (Wildman–Crippen MR) is 48.6 cm³/mol. The standard InChI is InChI=1S/C10H10FNO2/c11-9-4-6(14)3-8-7(9)1-2-12-10(8)5-13/h3-5,10,12,14H,1-2H2. The highest BCUT2D eigenvalue weighted by atomic mass is 19.1. The normalized spacial score (nSPS) is 20.2. The van der Waals surface area contributed by atoms with Crippen LogP contribution in [0.2, 0.25) is 0 Å². The number of hydrogen-bond acceptors (Lipinski definition) is 3. The molecule has 1 heterocycles. The molecular formula is C10H10FNO2. The van der Waals surface area contributed by atoms with Gasteiger partial charge in [-0.2, -0.15) is 0 Å². The number of phenols is 1. The third kappa shape index (κ3) is 1.37. The predicted octanol–water partition coefficient (Wildman–Crippen LogP) is 0.917. The minimum Gasteiger partial charge on any atom is -0.508 e. The number of aromatic hydroxyl groups is 1. The molecule has 1 aliphatic heterocycles. The van der Waals surface area contributed by atoms with Crippen LogP contribution in [0.5, 0.6) is 5.75 Å². The highest BCUT2D eigenvalue weighted by molar-refractivity contribution is 5.64. The van der Waals surface area contributed by atoms with Gasteiger partial charge in [-0.1, -0.05) is 0 Å². The molecule has 1 aliphatic rings. The Morgan fingerprint density at radius 3 is 3.07 bits per heavy atom. The van der Waals surface area contributed by atoms with E-state index in [0.29, 0.717) is 24.1 Å². The van der Waals surface area contributed by atoms with Crippen LogP contribution in [-0.4, -0.2) is 17.9 Å². The number of halogens is 1. The summed E-state index contributed by atoms with van der Waals surface area (Å²) in [5.74, 6) is -0.579.